The Balaban J connectivity index is 2.03. The summed E-state index contributed by atoms with van der Waals surface area (Å²) in [6.07, 6.45) is 5.53. The van der Waals surface area contributed by atoms with Crippen LogP contribution < -0.4 is 0 Å². The molecule has 0 unspecified atom stereocenters. The number of rotatable bonds is 5. The molecule has 1 heterocycles. The maximum Gasteiger partial charge on any atom is 0.228 e. The van der Waals surface area contributed by atoms with Crippen LogP contribution in [0, 0.1) is 11.3 Å². The lowest BCUT2D eigenvalue weighted by Gasteiger charge is -2.39. The highest BCUT2D eigenvalue weighted by atomic mass is 16.5. The van der Waals surface area contributed by atoms with Gasteiger partial charge in [0, 0.05) is 31.2 Å². The fourth-order valence-electron chi connectivity index (χ4n) is 3.04. The molecule has 0 radical (unpaired) electrons. The summed E-state index contributed by atoms with van der Waals surface area (Å²) >= 11 is 0. The van der Waals surface area contributed by atoms with E-state index < -0.39 is 0 Å². The summed E-state index contributed by atoms with van der Waals surface area (Å²) in [6, 6.07) is 0.538. The lowest BCUT2D eigenvalue weighted by Crippen LogP contribution is -2.47. The maximum atomic E-state index is 12.8. The monoisotopic (exact) mass is 253 g/mol. The standard InChI is InChI=1S/C15H27NO2/c1-4-9-16(13-5-6-13)14(17)15(2,3)12-7-10-18-11-8-12/h12-13H,4-11H2,1-3H3. The van der Waals surface area contributed by atoms with Gasteiger partial charge in [-0.05, 0) is 38.0 Å². The van der Waals surface area contributed by atoms with E-state index in [1.165, 1.54) is 12.8 Å². The number of carbonyl (C=O) groups excluding carboxylic acids is 1. The molecule has 3 heteroatoms. The third-order valence-electron chi connectivity index (χ3n) is 4.51. The van der Waals surface area contributed by atoms with E-state index in [1.54, 1.807) is 0 Å². The van der Waals surface area contributed by atoms with Crippen LogP contribution in [0.4, 0.5) is 0 Å². The van der Waals surface area contributed by atoms with Gasteiger partial charge in [-0.1, -0.05) is 20.8 Å². The maximum absolute atomic E-state index is 12.8. The minimum Gasteiger partial charge on any atom is -0.381 e. The summed E-state index contributed by atoms with van der Waals surface area (Å²) in [4.78, 5) is 15.0. The van der Waals surface area contributed by atoms with Crippen molar-refractivity contribution in [2.75, 3.05) is 19.8 Å². The molecule has 0 N–H and O–H groups in total. The minimum absolute atomic E-state index is 0.221. The predicted octanol–water partition coefficient (Wildman–Crippen LogP) is 2.84. The second kappa shape index (κ2) is 5.60. The molecule has 1 saturated carbocycles. The molecule has 0 bridgehead atoms. The SMILES string of the molecule is CCCN(C(=O)C(C)(C)C1CCOCC1)C1CC1. The average molecular weight is 253 g/mol. The van der Waals surface area contributed by atoms with Crippen LogP contribution in [0.5, 0.6) is 0 Å². The fourth-order valence-corrected chi connectivity index (χ4v) is 3.04. The van der Waals surface area contributed by atoms with Crippen molar-refractivity contribution >= 4 is 5.91 Å². The third kappa shape index (κ3) is 2.87. The predicted molar refractivity (Wildman–Crippen MR) is 72.4 cm³/mol. The molecule has 2 rings (SSSR count). The van der Waals surface area contributed by atoms with E-state index in [-0.39, 0.29) is 5.41 Å². The molecule has 0 aromatic heterocycles. The average Bonchev–Trinajstić information content (AvgIpc) is 3.20. The second-order valence-electron chi connectivity index (χ2n) is 6.34. The molecule has 0 aromatic carbocycles. The van der Waals surface area contributed by atoms with Crippen molar-refractivity contribution < 1.29 is 9.53 Å². The van der Waals surface area contributed by atoms with E-state index in [0.29, 0.717) is 17.9 Å². The van der Waals surface area contributed by atoms with Gasteiger partial charge in [0.2, 0.25) is 5.91 Å². The molecule has 18 heavy (non-hydrogen) atoms. The van der Waals surface area contributed by atoms with Gasteiger partial charge in [0.1, 0.15) is 0 Å². The van der Waals surface area contributed by atoms with Crippen molar-refractivity contribution in [1.82, 2.24) is 4.90 Å². The number of carbonyl (C=O) groups is 1. The van der Waals surface area contributed by atoms with Crippen molar-refractivity contribution in [3.63, 3.8) is 0 Å². The van der Waals surface area contributed by atoms with Crippen LogP contribution in [0.3, 0.4) is 0 Å². The number of hydrogen-bond acceptors (Lipinski definition) is 2. The Morgan fingerprint density at radius 3 is 2.33 bits per heavy atom. The van der Waals surface area contributed by atoms with Crippen molar-refractivity contribution in [3.8, 4) is 0 Å². The van der Waals surface area contributed by atoms with Gasteiger partial charge in [-0.2, -0.15) is 0 Å². The summed E-state index contributed by atoms with van der Waals surface area (Å²) in [6.45, 7) is 8.99. The second-order valence-corrected chi connectivity index (χ2v) is 6.34. The van der Waals surface area contributed by atoms with Gasteiger partial charge in [-0.15, -0.1) is 0 Å². The summed E-state index contributed by atoms with van der Waals surface area (Å²) in [5.41, 5.74) is -0.221. The normalized spacial score (nSPS) is 21.9. The van der Waals surface area contributed by atoms with Gasteiger partial charge >= 0.3 is 0 Å². The lowest BCUT2D eigenvalue weighted by atomic mass is 9.73. The van der Waals surface area contributed by atoms with Crippen LogP contribution in [0.1, 0.15) is 52.9 Å². The number of hydrogen-bond donors (Lipinski definition) is 0. The summed E-state index contributed by atoms with van der Waals surface area (Å²) in [5, 5.41) is 0. The minimum atomic E-state index is -0.221. The van der Waals surface area contributed by atoms with Crippen LogP contribution in [0.2, 0.25) is 0 Å². The van der Waals surface area contributed by atoms with E-state index in [1.807, 2.05) is 0 Å². The molecule has 104 valence electrons. The Kier molecular flexibility index (Phi) is 4.31. The largest absolute Gasteiger partial charge is 0.381 e. The van der Waals surface area contributed by atoms with Gasteiger partial charge in [0.05, 0.1) is 0 Å². The number of nitrogens with zero attached hydrogens (tertiary/aromatic N) is 1. The van der Waals surface area contributed by atoms with Crippen molar-refractivity contribution in [2.45, 2.75) is 58.9 Å². The molecule has 1 saturated heterocycles. The highest BCUT2D eigenvalue weighted by Gasteiger charge is 2.43. The Hall–Kier alpha value is -0.570. The van der Waals surface area contributed by atoms with Crippen LogP contribution in [-0.4, -0.2) is 36.6 Å². The van der Waals surface area contributed by atoms with Crippen LogP contribution >= 0.6 is 0 Å². The highest BCUT2D eigenvalue weighted by molar-refractivity contribution is 5.83. The zero-order valence-corrected chi connectivity index (χ0v) is 12.1. The van der Waals surface area contributed by atoms with Gasteiger partial charge in [0.25, 0.3) is 0 Å². The lowest BCUT2D eigenvalue weighted by molar-refractivity contribution is -0.146. The first-order valence-corrected chi connectivity index (χ1v) is 7.46. The van der Waals surface area contributed by atoms with Crippen molar-refractivity contribution in [3.05, 3.63) is 0 Å². The molecule has 3 nitrogen and oxygen atoms in total. The molecule has 1 amide bonds. The van der Waals surface area contributed by atoms with Gasteiger partial charge < -0.3 is 9.64 Å². The molecule has 1 aliphatic heterocycles. The van der Waals surface area contributed by atoms with E-state index in [4.69, 9.17) is 4.74 Å². The van der Waals surface area contributed by atoms with Gasteiger partial charge in [0.15, 0.2) is 0 Å². The quantitative estimate of drug-likeness (QED) is 0.754. The van der Waals surface area contributed by atoms with Crippen molar-refractivity contribution in [1.29, 1.82) is 0 Å². The Labute approximate surface area is 111 Å². The van der Waals surface area contributed by atoms with Crippen LogP contribution in [0.25, 0.3) is 0 Å². The summed E-state index contributed by atoms with van der Waals surface area (Å²) in [7, 11) is 0. The fraction of sp³-hybridized carbons (Fsp3) is 0.933. The van der Waals surface area contributed by atoms with Crippen LogP contribution in [0.15, 0.2) is 0 Å². The van der Waals surface area contributed by atoms with E-state index in [2.05, 4.69) is 25.7 Å². The van der Waals surface area contributed by atoms with Gasteiger partial charge in [-0.3, -0.25) is 4.79 Å². The molecule has 2 aliphatic rings. The molecule has 1 aliphatic carbocycles. The van der Waals surface area contributed by atoms with Crippen LogP contribution in [-0.2, 0) is 9.53 Å². The van der Waals surface area contributed by atoms with E-state index in [0.717, 1.165) is 39.0 Å². The molecule has 0 spiro atoms. The Bertz CT molecular complexity index is 291. The molecular weight excluding hydrogens is 226 g/mol. The summed E-state index contributed by atoms with van der Waals surface area (Å²) < 4.78 is 5.42. The zero-order chi connectivity index (χ0) is 13.2. The first kappa shape index (κ1) is 13.9. The van der Waals surface area contributed by atoms with E-state index >= 15 is 0 Å². The third-order valence-corrected chi connectivity index (χ3v) is 4.51. The zero-order valence-electron chi connectivity index (χ0n) is 12.1. The van der Waals surface area contributed by atoms with Crippen molar-refractivity contribution in [2.24, 2.45) is 11.3 Å². The summed E-state index contributed by atoms with van der Waals surface area (Å²) in [5.74, 6) is 0.857. The molecule has 0 atom stereocenters. The Morgan fingerprint density at radius 2 is 1.83 bits per heavy atom. The van der Waals surface area contributed by atoms with E-state index in [9.17, 15) is 4.79 Å². The first-order valence-electron chi connectivity index (χ1n) is 7.46. The highest BCUT2D eigenvalue weighted by Crippen LogP contribution is 2.39. The molecule has 0 aromatic rings. The van der Waals surface area contributed by atoms with Gasteiger partial charge in [-0.25, -0.2) is 0 Å². The first-order chi connectivity index (χ1) is 8.57. The molecular formula is C15H27NO2. The topological polar surface area (TPSA) is 29.5 Å². The number of amides is 1. The number of ether oxygens (including phenoxy) is 1. The Morgan fingerprint density at radius 1 is 1.22 bits per heavy atom. The smallest absolute Gasteiger partial charge is 0.228 e. The molecule has 2 fully saturated rings.